The highest BCUT2D eigenvalue weighted by molar-refractivity contribution is 5.97. The van der Waals surface area contributed by atoms with E-state index < -0.39 is 0 Å². The van der Waals surface area contributed by atoms with Crippen molar-refractivity contribution in [2.24, 2.45) is 10.7 Å². The van der Waals surface area contributed by atoms with Crippen LogP contribution in [-0.4, -0.2) is 17.0 Å². The van der Waals surface area contributed by atoms with Gasteiger partial charge in [-0.1, -0.05) is 0 Å². The highest BCUT2D eigenvalue weighted by atomic mass is 16.3. The molecule has 68 valence electrons. The molecule has 0 heterocycles. The third kappa shape index (κ3) is 1.99. The molecule has 0 aliphatic heterocycles. The zero-order valence-corrected chi connectivity index (χ0v) is 7.27. The van der Waals surface area contributed by atoms with Crippen LogP contribution in [0.25, 0.3) is 0 Å². The fraction of sp³-hybridized carbons (Fsp3) is 0.300. The number of hydrogen-bond donors (Lipinski definition) is 2. The Morgan fingerprint density at radius 3 is 2.46 bits per heavy atom. The Morgan fingerprint density at radius 1 is 1.31 bits per heavy atom. The Morgan fingerprint density at radius 2 is 1.92 bits per heavy atom. The summed E-state index contributed by atoms with van der Waals surface area (Å²) in [6, 6.07) is 7.22. The van der Waals surface area contributed by atoms with E-state index >= 15 is 0 Å². The van der Waals surface area contributed by atoms with E-state index in [-0.39, 0.29) is 5.75 Å². The Kier molecular flexibility index (Phi) is 1.93. The number of nitrogens with zero attached hydrogens (tertiary/aromatic N) is 1. The molecule has 1 aliphatic rings. The first kappa shape index (κ1) is 8.10. The first-order valence-corrected chi connectivity index (χ1v) is 4.38. The average Bonchev–Trinajstić information content (AvgIpc) is 2.89. The van der Waals surface area contributed by atoms with E-state index in [9.17, 15) is 0 Å². The van der Waals surface area contributed by atoms with E-state index in [0.29, 0.717) is 11.9 Å². The molecule has 0 bridgehead atoms. The maximum absolute atomic E-state index is 9.05. The predicted octanol–water partition coefficient (Wildman–Crippen LogP) is 1.26. The van der Waals surface area contributed by atoms with E-state index in [0.717, 1.165) is 18.4 Å². The zero-order valence-electron chi connectivity index (χ0n) is 7.27. The van der Waals surface area contributed by atoms with Gasteiger partial charge in [0.1, 0.15) is 11.6 Å². The van der Waals surface area contributed by atoms with Gasteiger partial charge in [0.05, 0.1) is 6.04 Å². The quantitative estimate of drug-likeness (QED) is 0.526. The average molecular weight is 176 g/mol. The van der Waals surface area contributed by atoms with E-state index in [1.165, 1.54) is 0 Å². The molecular formula is C10H12N2O. The molecule has 0 radical (unpaired) electrons. The lowest BCUT2D eigenvalue weighted by atomic mass is 10.2. The van der Waals surface area contributed by atoms with Crippen molar-refractivity contribution in [1.29, 1.82) is 0 Å². The Balaban J connectivity index is 2.19. The summed E-state index contributed by atoms with van der Waals surface area (Å²) in [5.41, 5.74) is 6.63. The molecule has 13 heavy (non-hydrogen) atoms. The monoisotopic (exact) mass is 176 g/mol. The Bertz CT molecular complexity index is 325. The second-order valence-electron chi connectivity index (χ2n) is 3.29. The van der Waals surface area contributed by atoms with Crippen LogP contribution in [0.15, 0.2) is 29.3 Å². The summed E-state index contributed by atoms with van der Waals surface area (Å²) in [4.78, 5) is 4.30. The zero-order chi connectivity index (χ0) is 9.26. The molecule has 0 aromatic heterocycles. The summed E-state index contributed by atoms with van der Waals surface area (Å²) < 4.78 is 0. The number of aliphatic imine (C=N–C) groups is 1. The SMILES string of the molecule is NC(=NC1CC1)c1ccc(O)cc1. The number of phenols is 1. The molecule has 1 fully saturated rings. The molecule has 1 aromatic rings. The largest absolute Gasteiger partial charge is 0.508 e. The number of benzene rings is 1. The molecule has 1 aromatic carbocycles. The first-order valence-electron chi connectivity index (χ1n) is 4.38. The molecule has 3 heteroatoms. The van der Waals surface area contributed by atoms with Crippen molar-refractivity contribution in [3.63, 3.8) is 0 Å². The van der Waals surface area contributed by atoms with Crippen LogP contribution in [0.1, 0.15) is 18.4 Å². The number of rotatable bonds is 2. The second kappa shape index (κ2) is 3.09. The van der Waals surface area contributed by atoms with Crippen molar-refractivity contribution in [3.8, 4) is 5.75 Å². The van der Waals surface area contributed by atoms with E-state index in [2.05, 4.69) is 4.99 Å². The molecule has 0 atom stereocenters. The summed E-state index contributed by atoms with van der Waals surface area (Å²) in [7, 11) is 0. The molecule has 2 rings (SSSR count). The van der Waals surface area contributed by atoms with Crippen LogP contribution in [0.5, 0.6) is 5.75 Å². The van der Waals surface area contributed by atoms with Gasteiger partial charge in [-0.25, -0.2) is 0 Å². The molecule has 0 unspecified atom stereocenters. The third-order valence-corrected chi connectivity index (χ3v) is 2.03. The molecule has 1 saturated carbocycles. The summed E-state index contributed by atoms with van der Waals surface area (Å²) in [6.07, 6.45) is 2.30. The Labute approximate surface area is 76.9 Å². The van der Waals surface area contributed by atoms with Gasteiger partial charge in [-0.2, -0.15) is 0 Å². The number of aromatic hydroxyl groups is 1. The maximum atomic E-state index is 9.05. The second-order valence-corrected chi connectivity index (χ2v) is 3.29. The van der Waals surface area contributed by atoms with Crippen LogP contribution in [0.3, 0.4) is 0 Å². The number of amidine groups is 1. The van der Waals surface area contributed by atoms with Crippen LogP contribution < -0.4 is 5.73 Å². The van der Waals surface area contributed by atoms with E-state index in [1.54, 1.807) is 24.3 Å². The minimum atomic E-state index is 0.253. The van der Waals surface area contributed by atoms with Gasteiger partial charge >= 0.3 is 0 Å². The minimum absolute atomic E-state index is 0.253. The topological polar surface area (TPSA) is 58.6 Å². The Hall–Kier alpha value is -1.51. The lowest BCUT2D eigenvalue weighted by Gasteiger charge is -1.99. The van der Waals surface area contributed by atoms with Crippen molar-refractivity contribution in [1.82, 2.24) is 0 Å². The van der Waals surface area contributed by atoms with Crippen LogP contribution in [0.4, 0.5) is 0 Å². The van der Waals surface area contributed by atoms with Crippen LogP contribution in [0.2, 0.25) is 0 Å². The summed E-state index contributed by atoms with van der Waals surface area (Å²) in [6.45, 7) is 0. The summed E-state index contributed by atoms with van der Waals surface area (Å²) in [5.74, 6) is 0.825. The van der Waals surface area contributed by atoms with Crippen molar-refractivity contribution in [2.45, 2.75) is 18.9 Å². The molecule has 3 nitrogen and oxygen atoms in total. The highest BCUT2D eigenvalue weighted by Gasteiger charge is 2.20. The van der Waals surface area contributed by atoms with E-state index in [4.69, 9.17) is 10.8 Å². The normalized spacial score (nSPS) is 17.4. The number of phenolic OH excluding ortho intramolecular Hbond substituents is 1. The number of nitrogens with two attached hydrogens (primary N) is 1. The van der Waals surface area contributed by atoms with Gasteiger partial charge in [0.2, 0.25) is 0 Å². The molecule has 0 spiro atoms. The fourth-order valence-electron chi connectivity index (χ4n) is 1.11. The van der Waals surface area contributed by atoms with Crippen molar-refractivity contribution in [2.75, 3.05) is 0 Å². The van der Waals surface area contributed by atoms with Gasteiger partial charge in [-0.05, 0) is 37.1 Å². The molecule has 3 N–H and O–H groups in total. The van der Waals surface area contributed by atoms with Gasteiger partial charge in [0.25, 0.3) is 0 Å². The maximum Gasteiger partial charge on any atom is 0.125 e. The number of hydrogen-bond acceptors (Lipinski definition) is 2. The van der Waals surface area contributed by atoms with Gasteiger partial charge < -0.3 is 10.8 Å². The minimum Gasteiger partial charge on any atom is -0.508 e. The first-order chi connectivity index (χ1) is 6.25. The van der Waals surface area contributed by atoms with Crippen molar-refractivity contribution in [3.05, 3.63) is 29.8 Å². The van der Waals surface area contributed by atoms with Gasteiger partial charge in [-0.15, -0.1) is 0 Å². The van der Waals surface area contributed by atoms with Gasteiger partial charge in [-0.3, -0.25) is 4.99 Å². The standard InChI is InChI=1S/C10H12N2O/c11-10(12-8-3-4-8)7-1-5-9(13)6-2-7/h1-2,5-6,8,13H,3-4H2,(H2,11,12). The van der Waals surface area contributed by atoms with Gasteiger partial charge in [0.15, 0.2) is 0 Å². The lowest BCUT2D eigenvalue weighted by molar-refractivity contribution is 0.475. The van der Waals surface area contributed by atoms with Crippen LogP contribution in [0, 0.1) is 0 Å². The third-order valence-electron chi connectivity index (χ3n) is 2.03. The lowest BCUT2D eigenvalue weighted by Crippen LogP contribution is -2.13. The summed E-state index contributed by atoms with van der Waals surface area (Å²) >= 11 is 0. The predicted molar refractivity (Wildman–Crippen MR) is 51.9 cm³/mol. The molecular weight excluding hydrogens is 164 g/mol. The van der Waals surface area contributed by atoms with Crippen LogP contribution >= 0.6 is 0 Å². The van der Waals surface area contributed by atoms with E-state index in [1.807, 2.05) is 0 Å². The summed E-state index contributed by atoms with van der Waals surface area (Å²) in [5, 5.41) is 9.05. The molecule has 0 amide bonds. The fourth-order valence-corrected chi connectivity index (χ4v) is 1.11. The molecule has 1 aliphatic carbocycles. The van der Waals surface area contributed by atoms with Crippen molar-refractivity contribution < 1.29 is 5.11 Å². The van der Waals surface area contributed by atoms with Gasteiger partial charge in [0, 0.05) is 5.56 Å². The van der Waals surface area contributed by atoms with Crippen molar-refractivity contribution >= 4 is 5.84 Å². The highest BCUT2D eigenvalue weighted by Crippen LogP contribution is 2.24. The smallest absolute Gasteiger partial charge is 0.125 e. The van der Waals surface area contributed by atoms with Crippen LogP contribution in [-0.2, 0) is 0 Å². The molecule has 0 saturated heterocycles.